The third kappa shape index (κ3) is 3.32. The minimum absolute atomic E-state index is 0.324. The lowest BCUT2D eigenvalue weighted by atomic mass is 10.1. The zero-order valence-corrected chi connectivity index (χ0v) is 11.0. The van der Waals surface area contributed by atoms with Crippen LogP contribution in [0.5, 0.6) is 5.75 Å². The number of benzene rings is 1. The molecule has 1 N–H and O–H groups in total. The molecule has 0 aliphatic carbocycles. The number of ether oxygens (including phenoxy) is 1. The molecule has 0 saturated carbocycles. The van der Waals surface area contributed by atoms with Gasteiger partial charge in [0.25, 0.3) is 0 Å². The van der Waals surface area contributed by atoms with E-state index < -0.39 is 0 Å². The van der Waals surface area contributed by atoms with Crippen molar-refractivity contribution in [1.82, 2.24) is 5.32 Å². The van der Waals surface area contributed by atoms with E-state index in [1.165, 1.54) is 11.1 Å². The van der Waals surface area contributed by atoms with E-state index in [1.54, 1.807) is 18.4 Å². The Morgan fingerprint density at radius 1 is 1.35 bits per heavy atom. The molecule has 90 valence electrons. The summed E-state index contributed by atoms with van der Waals surface area (Å²) in [5.41, 5.74) is 2.59. The fraction of sp³-hybridized carbons (Fsp3) is 0.286. The molecule has 0 amide bonds. The van der Waals surface area contributed by atoms with Crippen LogP contribution < -0.4 is 10.1 Å². The molecular formula is C14H17NOS. The van der Waals surface area contributed by atoms with Gasteiger partial charge < -0.3 is 10.1 Å². The molecule has 3 heteroatoms. The van der Waals surface area contributed by atoms with Gasteiger partial charge in [0.15, 0.2) is 0 Å². The number of thiophene rings is 1. The molecule has 0 unspecified atom stereocenters. The summed E-state index contributed by atoms with van der Waals surface area (Å²) < 4.78 is 5.23. The third-order valence-corrected chi connectivity index (χ3v) is 3.52. The van der Waals surface area contributed by atoms with Crippen molar-refractivity contribution in [3.8, 4) is 5.75 Å². The fourth-order valence-electron chi connectivity index (χ4n) is 1.69. The first-order valence-electron chi connectivity index (χ1n) is 5.68. The molecule has 0 aliphatic heterocycles. The van der Waals surface area contributed by atoms with Crippen molar-refractivity contribution in [2.75, 3.05) is 7.11 Å². The lowest BCUT2D eigenvalue weighted by Gasteiger charge is -2.14. The fourth-order valence-corrected chi connectivity index (χ4v) is 2.36. The van der Waals surface area contributed by atoms with Crippen LogP contribution in [0.1, 0.15) is 24.1 Å². The van der Waals surface area contributed by atoms with Crippen LogP contribution in [0.3, 0.4) is 0 Å². The molecule has 1 heterocycles. The first kappa shape index (κ1) is 12.1. The van der Waals surface area contributed by atoms with E-state index in [-0.39, 0.29) is 0 Å². The van der Waals surface area contributed by atoms with Crippen molar-refractivity contribution in [2.45, 2.75) is 19.5 Å². The van der Waals surface area contributed by atoms with Crippen molar-refractivity contribution in [1.29, 1.82) is 0 Å². The normalized spacial score (nSPS) is 12.4. The average molecular weight is 247 g/mol. The monoisotopic (exact) mass is 247 g/mol. The smallest absolute Gasteiger partial charge is 0.119 e. The summed E-state index contributed by atoms with van der Waals surface area (Å²) in [4.78, 5) is 0. The van der Waals surface area contributed by atoms with Gasteiger partial charge in [0.2, 0.25) is 0 Å². The maximum atomic E-state index is 5.23. The van der Waals surface area contributed by atoms with Gasteiger partial charge in [0.1, 0.15) is 5.75 Å². The van der Waals surface area contributed by atoms with Crippen LogP contribution in [0.2, 0.25) is 0 Å². The van der Waals surface area contributed by atoms with Gasteiger partial charge in [-0.05, 0) is 47.0 Å². The molecule has 1 aromatic heterocycles. The average Bonchev–Trinajstić information content (AvgIpc) is 2.89. The highest BCUT2D eigenvalue weighted by atomic mass is 32.1. The summed E-state index contributed by atoms with van der Waals surface area (Å²) in [5.74, 6) is 0.909. The highest BCUT2D eigenvalue weighted by molar-refractivity contribution is 7.07. The summed E-state index contributed by atoms with van der Waals surface area (Å²) in [6, 6.07) is 10.7. The van der Waals surface area contributed by atoms with Crippen molar-refractivity contribution < 1.29 is 4.74 Å². The molecule has 0 bridgehead atoms. The van der Waals surface area contributed by atoms with E-state index in [9.17, 15) is 0 Å². The quantitative estimate of drug-likeness (QED) is 0.871. The van der Waals surface area contributed by atoms with Crippen LogP contribution >= 0.6 is 11.3 Å². The van der Waals surface area contributed by atoms with Gasteiger partial charge in [0.05, 0.1) is 7.11 Å². The van der Waals surface area contributed by atoms with Gasteiger partial charge in [-0.25, -0.2) is 0 Å². The van der Waals surface area contributed by atoms with E-state index in [0.29, 0.717) is 6.04 Å². The van der Waals surface area contributed by atoms with Gasteiger partial charge in [-0.2, -0.15) is 11.3 Å². The van der Waals surface area contributed by atoms with Gasteiger partial charge in [-0.15, -0.1) is 0 Å². The first-order chi connectivity index (χ1) is 8.29. The molecule has 0 radical (unpaired) electrons. The number of hydrogen-bond donors (Lipinski definition) is 1. The molecule has 0 aliphatic rings. The Kier molecular flexibility index (Phi) is 4.18. The Labute approximate surface area is 106 Å². The zero-order valence-electron chi connectivity index (χ0n) is 10.1. The number of rotatable bonds is 5. The van der Waals surface area contributed by atoms with Gasteiger partial charge in [-0.1, -0.05) is 12.1 Å². The van der Waals surface area contributed by atoms with E-state index >= 15 is 0 Å². The SMILES string of the molecule is COc1cccc([C@@H](C)NCc2ccsc2)c1. The molecule has 0 saturated heterocycles. The number of methoxy groups -OCH3 is 1. The van der Waals surface area contributed by atoms with Crippen LogP contribution in [0.4, 0.5) is 0 Å². The minimum Gasteiger partial charge on any atom is -0.497 e. The Morgan fingerprint density at radius 2 is 2.24 bits per heavy atom. The second-order valence-electron chi connectivity index (χ2n) is 4.01. The Bertz CT molecular complexity index is 453. The lowest BCUT2D eigenvalue weighted by Crippen LogP contribution is -2.17. The van der Waals surface area contributed by atoms with Crippen molar-refractivity contribution in [3.05, 3.63) is 52.2 Å². The van der Waals surface area contributed by atoms with Gasteiger partial charge in [0, 0.05) is 12.6 Å². The molecular weight excluding hydrogens is 230 g/mol. The minimum atomic E-state index is 0.324. The first-order valence-corrected chi connectivity index (χ1v) is 6.62. The topological polar surface area (TPSA) is 21.3 Å². The predicted molar refractivity (Wildman–Crippen MR) is 72.6 cm³/mol. The Balaban J connectivity index is 1.96. The van der Waals surface area contributed by atoms with Gasteiger partial charge >= 0.3 is 0 Å². The van der Waals surface area contributed by atoms with Crippen LogP contribution in [0.25, 0.3) is 0 Å². The zero-order chi connectivity index (χ0) is 12.1. The molecule has 2 nitrogen and oxygen atoms in total. The van der Waals surface area contributed by atoms with Gasteiger partial charge in [-0.3, -0.25) is 0 Å². The van der Waals surface area contributed by atoms with Crippen LogP contribution in [-0.2, 0) is 6.54 Å². The second-order valence-corrected chi connectivity index (χ2v) is 4.79. The molecule has 0 spiro atoms. The van der Waals surface area contributed by atoms with Crippen LogP contribution in [0, 0.1) is 0 Å². The van der Waals surface area contributed by atoms with Crippen molar-refractivity contribution >= 4 is 11.3 Å². The standard InChI is InChI=1S/C14H17NOS/c1-11(15-9-12-6-7-17-10-12)13-4-3-5-14(8-13)16-2/h3-8,10-11,15H,9H2,1-2H3/t11-/m1/s1. The summed E-state index contributed by atoms with van der Waals surface area (Å²) in [5, 5.41) is 7.78. The maximum Gasteiger partial charge on any atom is 0.119 e. The number of hydrogen-bond acceptors (Lipinski definition) is 3. The number of nitrogens with one attached hydrogen (secondary N) is 1. The summed E-state index contributed by atoms with van der Waals surface area (Å²) in [6.45, 7) is 3.07. The van der Waals surface area contributed by atoms with Crippen molar-refractivity contribution in [2.24, 2.45) is 0 Å². The predicted octanol–water partition coefficient (Wildman–Crippen LogP) is 3.61. The summed E-state index contributed by atoms with van der Waals surface area (Å²) in [7, 11) is 1.70. The molecule has 1 atom stereocenters. The maximum absolute atomic E-state index is 5.23. The van der Waals surface area contributed by atoms with E-state index in [4.69, 9.17) is 4.74 Å². The van der Waals surface area contributed by atoms with Crippen LogP contribution in [-0.4, -0.2) is 7.11 Å². The Morgan fingerprint density at radius 3 is 2.94 bits per heavy atom. The largest absolute Gasteiger partial charge is 0.497 e. The lowest BCUT2D eigenvalue weighted by molar-refractivity contribution is 0.413. The van der Waals surface area contributed by atoms with E-state index in [1.807, 2.05) is 12.1 Å². The second kappa shape index (κ2) is 5.84. The molecule has 17 heavy (non-hydrogen) atoms. The molecule has 0 fully saturated rings. The van der Waals surface area contributed by atoms with E-state index in [0.717, 1.165) is 12.3 Å². The van der Waals surface area contributed by atoms with E-state index in [2.05, 4.69) is 41.2 Å². The summed E-state index contributed by atoms with van der Waals surface area (Å²) in [6.07, 6.45) is 0. The Hall–Kier alpha value is -1.32. The molecule has 1 aromatic carbocycles. The van der Waals surface area contributed by atoms with Crippen molar-refractivity contribution in [3.63, 3.8) is 0 Å². The van der Waals surface area contributed by atoms with Crippen LogP contribution in [0.15, 0.2) is 41.1 Å². The summed E-state index contributed by atoms with van der Waals surface area (Å²) >= 11 is 1.73. The highest BCUT2D eigenvalue weighted by Gasteiger charge is 2.05. The third-order valence-electron chi connectivity index (χ3n) is 2.79. The highest BCUT2D eigenvalue weighted by Crippen LogP contribution is 2.19. The molecule has 2 rings (SSSR count). The molecule has 2 aromatic rings.